The van der Waals surface area contributed by atoms with Crippen LogP contribution in [0.1, 0.15) is 83.1 Å². The van der Waals surface area contributed by atoms with Crippen LogP contribution in [-0.4, -0.2) is 316 Å². The third-order valence-corrected chi connectivity index (χ3v) is 13.8. The van der Waals surface area contributed by atoms with Crippen molar-refractivity contribution in [2.45, 2.75) is 128 Å². The van der Waals surface area contributed by atoms with Gasteiger partial charge in [0, 0.05) is 74.5 Å². The van der Waals surface area contributed by atoms with Gasteiger partial charge < -0.3 is 89.1 Å². The van der Waals surface area contributed by atoms with Gasteiger partial charge in [0.25, 0.3) is 23.6 Å². The van der Waals surface area contributed by atoms with Crippen molar-refractivity contribution in [1.29, 1.82) is 0 Å². The minimum atomic E-state index is -1.69. The molecule has 6 aliphatic rings. The summed E-state index contributed by atoms with van der Waals surface area (Å²) < 4.78 is 59.4. The van der Waals surface area contributed by atoms with Crippen molar-refractivity contribution in [3.8, 4) is 0 Å². The number of amides is 4. The largest absolute Gasteiger partial charge is 0.480 e. The minimum Gasteiger partial charge on any atom is -0.480 e. The van der Waals surface area contributed by atoms with Gasteiger partial charge in [0.05, 0.1) is 132 Å². The lowest BCUT2D eigenvalue weighted by Crippen LogP contribution is -2.66. The molecular formula is C56H100N8O22. The van der Waals surface area contributed by atoms with Crippen LogP contribution in [0.5, 0.6) is 0 Å². The summed E-state index contributed by atoms with van der Waals surface area (Å²) in [6, 6.07) is 0. The number of ether oxygens (including phenoxy) is 10. The molecule has 6 heterocycles. The molecule has 4 amide bonds. The van der Waals surface area contributed by atoms with Crippen molar-refractivity contribution in [2.24, 2.45) is 0 Å². The molecule has 0 saturated carbocycles. The maximum absolute atomic E-state index is 14.4. The van der Waals surface area contributed by atoms with E-state index < -0.39 is 118 Å². The third kappa shape index (κ3) is 28.1. The van der Waals surface area contributed by atoms with E-state index in [-0.39, 0.29) is 158 Å². The van der Waals surface area contributed by atoms with Gasteiger partial charge in [-0.3, -0.25) is 58.0 Å². The molecule has 30 nitrogen and oxygen atoms in total. The van der Waals surface area contributed by atoms with Crippen LogP contribution in [0.25, 0.3) is 0 Å². The molecular weight excluding hydrogens is 1140 g/mol. The van der Waals surface area contributed by atoms with Crippen LogP contribution in [0.4, 0.5) is 0 Å². The maximum Gasteiger partial charge on any atom is 0.317 e. The molecule has 4 unspecified atom stereocenters. The van der Waals surface area contributed by atoms with E-state index in [1.165, 1.54) is 47.3 Å². The third-order valence-electron chi connectivity index (χ3n) is 13.8. The highest BCUT2D eigenvalue weighted by molar-refractivity contribution is 5.88. The monoisotopic (exact) mass is 1240 g/mol. The van der Waals surface area contributed by atoms with Gasteiger partial charge in [-0.2, -0.15) is 0 Å². The van der Waals surface area contributed by atoms with E-state index in [1.54, 1.807) is 55.4 Å². The Hall–Kier alpha value is -4.80. The fourth-order valence-electron chi connectivity index (χ4n) is 10.4. The molecule has 0 aromatic carbocycles. The predicted octanol–water partition coefficient (Wildman–Crippen LogP) is -1.65. The van der Waals surface area contributed by atoms with Crippen molar-refractivity contribution in [3.05, 3.63) is 0 Å². The van der Waals surface area contributed by atoms with Crippen LogP contribution >= 0.6 is 0 Å². The molecule has 30 heteroatoms. The highest BCUT2D eigenvalue weighted by Crippen LogP contribution is 2.25. The molecule has 8 N–H and O–H groups in total. The van der Waals surface area contributed by atoms with E-state index >= 15 is 0 Å². The Bertz CT molecular complexity index is 1930. The number of nitrogens with one attached hydrogen (secondary N) is 4. The zero-order valence-electron chi connectivity index (χ0n) is 52.7. The van der Waals surface area contributed by atoms with E-state index in [2.05, 4.69) is 21.3 Å². The van der Waals surface area contributed by atoms with E-state index in [0.717, 1.165) is 0 Å². The second-order valence-corrected chi connectivity index (χ2v) is 25.5. The summed E-state index contributed by atoms with van der Waals surface area (Å²) in [6.07, 6.45) is 0. The standard InChI is InChI=1S/C56H100N8O22/c1-49(2)33-61(29-41(65)66)37-54(10)46(74)58-50(3,4)34-62(30-42(67)68)38-53(9,45(73)57-49)83-25-21-79-17-13-77-15-19-81-23-27-85-55(11)39-63(31-43(69)70)35-52(7,8)60-48(76)56(12,40-64(32-44(71)72)36-51(5,6)59-47(55)75)86-28-24-82-20-16-78-14-18-80-22-26-84-54/h13-40H2,1-12H3,(H,57,73)(H,58,74)(H,59,75)(H,60,76)(H,65,66)(H,67,68)(H,69,70)(H,71,72). The number of carboxylic acid groups (broad SMARTS) is 4. The van der Waals surface area contributed by atoms with Crippen molar-refractivity contribution in [1.82, 2.24) is 40.9 Å². The van der Waals surface area contributed by atoms with E-state index in [9.17, 15) is 58.8 Å². The van der Waals surface area contributed by atoms with Crippen LogP contribution in [0, 0.1) is 0 Å². The van der Waals surface area contributed by atoms with Gasteiger partial charge in [-0.1, -0.05) is 0 Å². The summed E-state index contributed by atoms with van der Waals surface area (Å²) in [5.74, 6) is -7.22. The van der Waals surface area contributed by atoms with Gasteiger partial charge in [-0.25, -0.2) is 0 Å². The van der Waals surface area contributed by atoms with Gasteiger partial charge in [0.2, 0.25) is 0 Å². The summed E-state index contributed by atoms with van der Waals surface area (Å²) in [5, 5.41) is 52.1. The number of aliphatic carboxylic acids is 4. The second-order valence-electron chi connectivity index (χ2n) is 25.5. The van der Waals surface area contributed by atoms with E-state index in [1.807, 2.05) is 0 Å². The molecule has 6 aliphatic heterocycles. The summed E-state index contributed by atoms with van der Waals surface area (Å²) >= 11 is 0. The first-order valence-corrected chi connectivity index (χ1v) is 29.0. The van der Waals surface area contributed by atoms with Crippen molar-refractivity contribution < 1.29 is 106 Å². The Morgan fingerprint density at radius 2 is 0.453 bits per heavy atom. The molecule has 0 aromatic heterocycles. The normalized spacial score (nSPS) is 29.9. The van der Waals surface area contributed by atoms with Gasteiger partial charge in [-0.15, -0.1) is 0 Å². The Kier molecular flexibility index (Phi) is 30.0. The number of carbonyl (C=O) groups is 8. The highest BCUT2D eigenvalue weighted by Gasteiger charge is 2.47. The molecule has 0 aromatic rings. The smallest absolute Gasteiger partial charge is 0.317 e. The molecule has 0 radical (unpaired) electrons. The fourth-order valence-corrected chi connectivity index (χ4v) is 10.4. The number of nitrogens with zero attached hydrogens (tertiary/aromatic N) is 4. The van der Waals surface area contributed by atoms with Gasteiger partial charge in [0.1, 0.15) is 0 Å². The van der Waals surface area contributed by atoms with Crippen LogP contribution in [0.15, 0.2) is 0 Å². The summed E-state index contributed by atoms with van der Waals surface area (Å²) in [4.78, 5) is 113. The topological polar surface area (TPSA) is 371 Å². The Balaban J connectivity index is 1.93. The molecule has 4 bridgehead atoms. The van der Waals surface area contributed by atoms with Crippen LogP contribution < -0.4 is 21.3 Å². The number of carboxylic acids is 4. The number of hydrogen-bond donors (Lipinski definition) is 8. The zero-order chi connectivity index (χ0) is 64.6. The Morgan fingerprint density at radius 3 is 0.605 bits per heavy atom. The predicted molar refractivity (Wildman–Crippen MR) is 308 cm³/mol. The van der Waals surface area contributed by atoms with E-state index in [0.29, 0.717) is 0 Å². The van der Waals surface area contributed by atoms with Crippen molar-refractivity contribution in [2.75, 3.05) is 184 Å². The Labute approximate surface area is 505 Å². The lowest BCUT2D eigenvalue weighted by Gasteiger charge is -2.43. The molecule has 86 heavy (non-hydrogen) atoms. The zero-order valence-corrected chi connectivity index (χ0v) is 52.7. The molecule has 6 fully saturated rings. The van der Waals surface area contributed by atoms with Gasteiger partial charge in [-0.05, 0) is 83.1 Å². The molecule has 0 aliphatic carbocycles. The summed E-state index contributed by atoms with van der Waals surface area (Å²) in [6.45, 7) is 16.6. The lowest BCUT2D eigenvalue weighted by atomic mass is 9.95. The van der Waals surface area contributed by atoms with E-state index in [4.69, 9.17) is 47.4 Å². The number of rotatable bonds is 8. The summed E-state index contributed by atoms with van der Waals surface area (Å²) in [5.41, 5.74) is -11.4. The first-order valence-electron chi connectivity index (χ1n) is 29.0. The number of hydrogen-bond acceptors (Lipinski definition) is 22. The Morgan fingerprint density at radius 1 is 0.302 bits per heavy atom. The molecule has 496 valence electrons. The SMILES string of the molecule is CC1(C)CN(CC(=O)O)CC2(C)OCCOCCOCCOCCOC3(C)CN(CC(=O)O)CC(C)(C)NC(=O)C(C)(CN(CC(=O)O)CC(C)(C)NC3=O)OCCOCCOCCOCCOC(C)(CN(CC(=O)O)CC(C)(C)NC2=O)C(=O)N1. The second kappa shape index (κ2) is 34.2. The number of carbonyl (C=O) groups excluding carboxylic acids is 4. The molecule has 4 atom stereocenters. The van der Waals surface area contributed by atoms with Crippen molar-refractivity contribution >= 4 is 47.5 Å². The van der Waals surface area contributed by atoms with Crippen LogP contribution in [0.2, 0.25) is 0 Å². The highest BCUT2D eigenvalue weighted by atomic mass is 16.6. The average molecular weight is 1240 g/mol. The maximum atomic E-state index is 14.4. The first-order chi connectivity index (χ1) is 39.9. The lowest BCUT2D eigenvalue weighted by molar-refractivity contribution is -0.159. The van der Waals surface area contributed by atoms with Crippen LogP contribution in [0.3, 0.4) is 0 Å². The molecule has 6 rings (SSSR count). The van der Waals surface area contributed by atoms with Gasteiger partial charge >= 0.3 is 23.9 Å². The van der Waals surface area contributed by atoms with Gasteiger partial charge in [0.15, 0.2) is 22.4 Å². The van der Waals surface area contributed by atoms with Crippen LogP contribution in [-0.2, 0) is 85.7 Å². The minimum absolute atomic E-state index is 0.00228. The molecule has 0 spiro atoms. The molecule has 6 saturated heterocycles. The quantitative estimate of drug-likeness (QED) is 0.135. The average Bonchev–Trinajstić information content (AvgIpc) is 1.54. The fraction of sp³-hybridized carbons (Fsp3) is 0.857. The first kappa shape index (κ1) is 75.4. The van der Waals surface area contributed by atoms with Crippen molar-refractivity contribution in [3.63, 3.8) is 0 Å². The summed E-state index contributed by atoms with van der Waals surface area (Å²) in [7, 11) is 0.